The molecule has 0 aromatic carbocycles. The number of thioether (sulfide) groups is 1. The van der Waals surface area contributed by atoms with Gasteiger partial charge < -0.3 is 14.4 Å². The molecule has 1 atom stereocenters. The quantitative estimate of drug-likeness (QED) is 0.761. The molecular formula is C10H17NO2S. The van der Waals surface area contributed by atoms with Crippen LogP contribution in [0, 0.1) is 0 Å². The van der Waals surface area contributed by atoms with Crippen LogP contribution in [0.3, 0.4) is 0 Å². The zero-order valence-corrected chi connectivity index (χ0v) is 9.67. The van der Waals surface area contributed by atoms with Crippen LogP contribution >= 0.6 is 11.8 Å². The minimum atomic E-state index is -0.336. The maximum atomic E-state index is 9.08. The van der Waals surface area contributed by atoms with Gasteiger partial charge in [0, 0.05) is 0 Å². The molecule has 0 spiro atoms. The fraction of sp³-hybridized carbons (Fsp3) is 0.600. The molecule has 0 aliphatic heterocycles. The Morgan fingerprint density at radius 2 is 2.07 bits per heavy atom. The van der Waals surface area contributed by atoms with Gasteiger partial charge in [-0.2, -0.15) is 0 Å². The van der Waals surface area contributed by atoms with Crippen LogP contribution in [-0.2, 0) is 12.3 Å². The van der Waals surface area contributed by atoms with Crippen molar-refractivity contribution >= 4 is 11.8 Å². The molecule has 0 saturated carbocycles. The Bertz CT molecular complexity index is 271. The third-order valence-corrected chi connectivity index (χ3v) is 2.59. The van der Waals surface area contributed by atoms with Crippen LogP contribution in [0.25, 0.3) is 0 Å². The van der Waals surface area contributed by atoms with E-state index in [1.165, 1.54) is 11.8 Å². The molecular weight excluding hydrogens is 198 g/mol. The maximum Gasteiger partial charge on any atom is 0.118 e. The first-order chi connectivity index (χ1) is 6.58. The Morgan fingerprint density at radius 1 is 1.43 bits per heavy atom. The molecule has 1 unspecified atom stereocenters. The minimum absolute atomic E-state index is 0.336. The smallest absolute Gasteiger partial charge is 0.118 e. The van der Waals surface area contributed by atoms with Crippen molar-refractivity contribution in [3.8, 4) is 0 Å². The predicted molar refractivity (Wildman–Crippen MR) is 59.1 cm³/mol. The first kappa shape index (κ1) is 11.6. The number of aliphatic hydroxyl groups is 1. The van der Waals surface area contributed by atoms with Gasteiger partial charge in [0.25, 0.3) is 0 Å². The lowest BCUT2D eigenvalue weighted by atomic mass is 10.4. The normalized spacial score (nSPS) is 13.5. The summed E-state index contributed by atoms with van der Waals surface area (Å²) in [6.07, 6.45) is 0. The molecule has 1 heterocycles. The van der Waals surface area contributed by atoms with Crippen LogP contribution in [0.5, 0.6) is 0 Å². The Morgan fingerprint density at radius 3 is 2.64 bits per heavy atom. The summed E-state index contributed by atoms with van der Waals surface area (Å²) in [5.74, 6) is 2.62. The molecule has 0 aliphatic carbocycles. The van der Waals surface area contributed by atoms with Gasteiger partial charge in [-0.05, 0) is 33.2 Å². The van der Waals surface area contributed by atoms with E-state index in [9.17, 15) is 0 Å². The van der Waals surface area contributed by atoms with Crippen LogP contribution in [0.15, 0.2) is 16.5 Å². The summed E-state index contributed by atoms with van der Waals surface area (Å²) in [7, 11) is 4.01. The monoisotopic (exact) mass is 215 g/mol. The van der Waals surface area contributed by atoms with Gasteiger partial charge in [0.15, 0.2) is 0 Å². The van der Waals surface area contributed by atoms with E-state index in [1.54, 1.807) is 6.92 Å². The Balaban J connectivity index is 2.42. The van der Waals surface area contributed by atoms with Crippen LogP contribution in [-0.4, -0.2) is 29.5 Å². The molecule has 1 rings (SSSR count). The van der Waals surface area contributed by atoms with Crippen molar-refractivity contribution in [3.05, 3.63) is 23.7 Å². The van der Waals surface area contributed by atoms with Gasteiger partial charge in [0.2, 0.25) is 0 Å². The maximum absolute atomic E-state index is 9.08. The van der Waals surface area contributed by atoms with E-state index in [1.807, 2.05) is 26.2 Å². The summed E-state index contributed by atoms with van der Waals surface area (Å²) in [6.45, 7) is 2.58. The largest absolute Gasteiger partial charge is 0.464 e. The molecule has 3 nitrogen and oxygen atoms in total. The van der Waals surface area contributed by atoms with Gasteiger partial charge in [0.05, 0.1) is 17.7 Å². The average Bonchev–Trinajstić information content (AvgIpc) is 2.47. The summed E-state index contributed by atoms with van der Waals surface area (Å²) < 4.78 is 5.57. The standard InChI is InChI=1S/C10H17NO2S/c1-8(12)14-7-10-5-4-9(13-10)6-11(2)3/h4-5,8,12H,6-7H2,1-3H3. The molecule has 1 N–H and O–H groups in total. The van der Waals surface area contributed by atoms with Gasteiger partial charge in [0.1, 0.15) is 11.5 Å². The fourth-order valence-corrected chi connectivity index (χ4v) is 1.66. The SMILES string of the molecule is CC(O)SCc1ccc(CN(C)C)o1. The molecule has 1 aromatic rings. The molecule has 4 heteroatoms. The van der Waals surface area contributed by atoms with E-state index in [0.29, 0.717) is 0 Å². The second-order valence-electron chi connectivity index (χ2n) is 3.52. The van der Waals surface area contributed by atoms with Gasteiger partial charge in [-0.1, -0.05) is 0 Å². The number of aliphatic hydroxyl groups excluding tert-OH is 1. The van der Waals surface area contributed by atoms with E-state index in [0.717, 1.165) is 23.8 Å². The van der Waals surface area contributed by atoms with Crippen LogP contribution in [0.4, 0.5) is 0 Å². The van der Waals surface area contributed by atoms with E-state index >= 15 is 0 Å². The van der Waals surface area contributed by atoms with E-state index in [2.05, 4.69) is 4.90 Å². The highest BCUT2D eigenvalue weighted by Crippen LogP contribution is 2.18. The molecule has 0 saturated heterocycles. The van der Waals surface area contributed by atoms with Crippen molar-refractivity contribution < 1.29 is 9.52 Å². The van der Waals surface area contributed by atoms with Crippen LogP contribution in [0.1, 0.15) is 18.4 Å². The van der Waals surface area contributed by atoms with Crippen molar-refractivity contribution in [2.75, 3.05) is 14.1 Å². The second-order valence-corrected chi connectivity index (χ2v) is 4.82. The average molecular weight is 215 g/mol. The summed E-state index contributed by atoms with van der Waals surface area (Å²) in [6, 6.07) is 3.95. The fourth-order valence-electron chi connectivity index (χ4n) is 1.10. The minimum Gasteiger partial charge on any atom is -0.464 e. The topological polar surface area (TPSA) is 36.6 Å². The Labute approximate surface area is 89.1 Å². The number of nitrogens with zero attached hydrogens (tertiary/aromatic N) is 1. The summed E-state index contributed by atoms with van der Waals surface area (Å²) >= 11 is 1.46. The lowest BCUT2D eigenvalue weighted by Crippen LogP contribution is -2.09. The Kier molecular flexibility index (Phi) is 4.51. The molecule has 0 fully saturated rings. The van der Waals surface area contributed by atoms with Crippen molar-refractivity contribution in [3.63, 3.8) is 0 Å². The second kappa shape index (κ2) is 5.44. The predicted octanol–water partition coefficient (Wildman–Crippen LogP) is 1.91. The zero-order chi connectivity index (χ0) is 10.6. The number of hydrogen-bond acceptors (Lipinski definition) is 4. The van der Waals surface area contributed by atoms with Gasteiger partial charge in [-0.15, -0.1) is 11.8 Å². The molecule has 14 heavy (non-hydrogen) atoms. The number of furan rings is 1. The van der Waals surface area contributed by atoms with Crippen molar-refractivity contribution in [2.24, 2.45) is 0 Å². The van der Waals surface area contributed by atoms with Gasteiger partial charge in [-0.25, -0.2) is 0 Å². The Hall–Kier alpha value is -0.450. The molecule has 1 aromatic heterocycles. The summed E-state index contributed by atoms with van der Waals surface area (Å²) in [5.41, 5.74) is -0.336. The van der Waals surface area contributed by atoms with Crippen LogP contribution in [0.2, 0.25) is 0 Å². The van der Waals surface area contributed by atoms with Crippen molar-refractivity contribution in [1.29, 1.82) is 0 Å². The first-order valence-corrected chi connectivity index (χ1v) is 5.65. The lowest BCUT2D eigenvalue weighted by molar-refractivity contribution is 0.283. The first-order valence-electron chi connectivity index (χ1n) is 4.60. The van der Waals surface area contributed by atoms with Gasteiger partial charge >= 0.3 is 0 Å². The number of rotatable bonds is 5. The third kappa shape index (κ3) is 4.17. The lowest BCUT2D eigenvalue weighted by Gasteiger charge is -2.06. The number of hydrogen-bond donors (Lipinski definition) is 1. The zero-order valence-electron chi connectivity index (χ0n) is 8.86. The highest BCUT2D eigenvalue weighted by atomic mass is 32.2. The molecule has 0 amide bonds. The molecule has 80 valence electrons. The summed E-state index contributed by atoms with van der Waals surface area (Å²) in [5, 5.41) is 9.08. The van der Waals surface area contributed by atoms with E-state index < -0.39 is 0 Å². The highest BCUT2D eigenvalue weighted by molar-refractivity contribution is 7.98. The van der Waals surface area contributed by atoms with E-state index in [4.69, 9.17) is 9.52 Å². The van der Waals surface area contributed by atoms with Gasteiger partial charge in [-0.3, -0.25) is 0 Å². The van der Waals surface area contributed by atoms with Crippen LogP contribution < -0.4 is 0 Å². The van der Waals surface area contributed by atoms with Crippen molar-refractivity contribution in [2.45, 2.75) is 24.7 Å². The molecule has 0 bridgehead atoms. The molecule has 0 aliphatic rings. The molecule has 0 radical (unpaired) electrons. The summed E-state index contributed by atoms with van der Waals surface area (Å²) in [4.78, 5) is 2.06. The third-order valence-electron chi connectivity index (χ3n) is 1.66. The van der Waals surface area contributed by atoms with Crippen molar-refractivity contribution in [1.82, 2.24) is 4.90 Å². The highest BCUT2D eigenvalue weighted by Gasteiger charge is 2.04. The van der Waals surface area contributed by atoms with E-state index in [-0.39, 0.29) is 5.44 Å².